The van der Waals surface area contributed by atoms with Gasteiger partial charge in [-0.1, -0.05) is 12.1 Å². The average Bonchev–Trinajstić information content (AvgIpc) is 2.36. The third-order valence-corrected chi connectivity index (χ3v) is 2.61. The zero-order valence-electron chi connectivity index (χ0n) is 12.2. The molecule has 0 unspecified atom stereocenters. The van der Waals surface area contributed by atoms with E-state index < -0.39 is 5.60 Å². The number of nitrogens with two attached hydrogens (primary N) is 1. The van der Waals surface area contributed by atoms with Gasteiger partial charge in [0.25, 0.3) is 5.91 Å². The summed E-state index contributed by atoms with van der Waals surface area (Å²) in [6.45, 7) is 5.56. The first-order valence-corrected chi connectivity index (χ1v) is 6.63. The molecule has 0 aliphatic carbocycles. The second-order valence-corrected chi connectivity index (χ2v) is 5.61. The second-order valence-electron chi connectivity index (χ2n) is 5.61. The standard InChI is InChI=1S/C15H22N2O3/c1-15(2,3)20-13(18)6-4-5-11-7-9-12(10-8-11)14(19)17-16/h7-10H,4-6,16H2,1-3H3,(H,17,19). The minimum absolute atomic E-state index is 0.184. The van der Waals surface area contributed by atoms with Crippen LogP contribution in [0.3, 0.4) is 0 Å². The van der Waals surface area contributed by atoms with Crippen LogP contribution in [0.25, 0.3) is 0 Å². The van der Waals surface area contributed by atoms with Crippen molar-refractivity contribution in [1.82, 2.24) is 5.43 Å². The van der Waals surface area contributed by atoms with Gasteiger partial charge in [-0.25, -0.2) is 5.84 Å². The Morgan fingerprint density at radius 2 is 1.80 bits per heavy atom. The largest absolute Gasteiger partial charge is 0.460 e. The van der Waals surface area contributed by atoms with Crippen LogP contribution in [-0.2, 0) is 16.0 Å². The molecule has 0 bridgehead atoms. The van der Waals surface area contributed by atoms with E-state index in [-0.39, 0.29) is 11.9 Å². The summed E-state index contributed by atoms with van der Waals surface area (Å²) < 4.78 is 5.24. The van der Waals surface area contributed by atoms with E-state index in [1.165, 1.54) is 0 Å². The molecule has 5 heteroatoms. The van der Waals surface area contributed by atoms with Crippen LogP contribution in [0.5, 0.6) is 0 Å². The monoisotopic (exact) mass is 278 g/mol. The number of ether oxygens (including phenoxy) is 1. The molecule has 1 aromatic rings. The normalized spacial score (nSPS) is 11.0. The predicted molar refractivity (Wildman–Crippen MR) is 76.9 cm³/mol. The summed E-state index contributed by atoms with van der Waals surface area (Å²) in [6.07, 6.45) is 1.88. The van der Waals surface area contributed by atoms with Gasteiger partial charge in [0.1, 0.15) is 5.60 Å². The first-order valence-electron chi connectivity index (χ1n) is 6.63. The number of hydrogen-bond donors (Lipinski definition) is 2. The fourth-order valence-electron chi connectivity index (χ4n) is 1.74. The van der Waals surface area contributed by atoms with Gasteiger partial charge < -0.3 is 4.74 Å². The van der Waals surface area contributed by atoms with Gasteiger partial charge >= 0.3 is 5.97 Å². The Labute approximate surface area is 119 Å². The molecule has 20 heavy (non-hydrogen) atoms. The number of esters is 1. The third-order valence-electron chi connectivity index (χ3n) is 2.61. The number of hydrazine groups is 1. The van der Waals surface area contributed by atoms with E-state index in [1.54, 1.807) is 12.1 Å². The lowest BCUT2D eigenvalue weighted by atomic mass is 10.1. The molecule has 0 fully saturated rings. The van der Waals surface area contributed by atoms with Crippen molar-refractivity contribution >= 4 is 11.9 Å². The molecule has 0 saturated heterocycles. The van der Waals surface area contributed by atoms with Crippen molar-refractivity contribution in [3.8, 4) is 0 Å². The van der Waals surface area contributed by atoms with Gasteiger partial charge in [0.05, 0.1) is 0 Å². The zero-order valence-corrected chi connectivity index (χ0v) is 12.2. The zero-order chi connectivity index (χ0) is 15.2. The Morgan fingerprint density at radius 1 is 1.20 bits per heavy atom. The molecule has 0 radical (unpaired) electrons. The molecule has 1 aromatic carbocycles. The molecule has 0 atom stereocenters. The van der Waals surface area contributed by atoms with Crippen LogP contribution in [0, 0.1) is 0 Å². The molecule has 110 valence electrons. The van der Waals surface area contributed by atoms with Gasteiger partial charge in [-0.2, -0.15) is 0 Å². The predicted octanol–water partition coefficient (Wildman–Crippen LogP) is 1.95. The first kappa shape index (κ1) is 16.2. The number of rotatable bonds is 5. The second kappa shape index (κ2) is 7.05. The molecule has 1 amide bonds. The van der Waals surface area contributed by atoms with E-state index in [9.17, 15) is 9.59 Å². The molecule has 0 aliphatic heterocycles. The Bertz CT molecular complexity index is 461. The summed E-state index contributed by atoms with van der Waals surface area (Å²) in [5.41, 5.74) is 3.23. The maximum Gasteiger partial charge on any atom is 0.306 e. The lowest BCUT2D eigenvalue weighted by Crippen LogP contribution is -2.29. The first-order chi connectivity index (χ1) is 9.31. The number of carbonyl (C=O) groups is 2. The summed E-state index contributed by atoms with van der Waals surface area (Å²) in [5, 5.41) is 0. The molecule has 0 aliphatic rings. The number of nitrogen functional groups attached to an aromatic ring is 1. The molecule has 0 aromatic heterocycles. The molecule has 0 spiro atoms. The molecule has 5 nitrogen and oxygen atoms in total. The van der Waals surface area contributed by atoms with Crippen molar-refractivity contribution in [3.05, 3.63) is 35.4 Å². The smallest absolute Gasteiger partial charge is 0.306 e. The minimum Gasteiger partial charge on any atom is -0.460 e. The lowest BCUT2D eigenvalue weighted by molar-refractivity contribution is -0.154. The third kappa shape index (κ3) is 5.84. The number of carbonyl (C=O) groups excluding carboxylic acids is 2. The quantitative estimate of drug-likeness (QED) is 0.373. The Morgan fingerprint density at radius 3 is 2.30 bits per heavy atom. The molecule has 3 N–H and O–H groups in total. The average molecular weight is 278 g/mol. The maximum atomic E-state index is 11.5. The van der Waals surface area contributed by atoms with E-state index in [4.69, 9.17) is 10.6 Å². The molecular formula is C15H22N2O3. The summed E-state index contributed by atoms with van der Waals surface area (Å²) in [5.74, 6) is 4.56. The van der Waals surface area contributed by atoms with Gasteiger partial charge in [-0.15, -0.1) is 0 Å². The van der Waals surface area contributed by atoms with Gasteiger partial charge in [-0.05, 0) is 51.3 Å². The number of aryl methyl sites for hydroxylation is 1. The highest BCUT2D eigenvalue weighted by Gasteiger charge is 2.15. The number of amides is 1. The molecule has 0 saturated carbocycles. The summed E-state index contributed by atoms with van der Waals surface area (Å²) in [4.78, 5) is 22.8. The van der Waals surface area contributed by atoms with Crippen LogP contribution < -0.4 is 11.3 Å². The molecular weight excluding hydrogens is 256 g/mol. The van der Waals surface area contributed by atoms with Crippen molar-refractivity contribution in [2.75, 3.05) is 0 Å². The Balaban J connectivity index is 2.39. The highest BCUT2D eigenvalue weighted by molar-refractivity contribution is 5.93. The Kier molecular flexibility index (Phi) is 5.70. The summed E-state index contributed by atoms with van der Waals surface area (Å²) >= 11 is 0. The van der Waals surface area contributed by atoms with Crippen LogP contribution in [0.2, 0.25) is 0 Å². The van der Waals surface area contributed by atoms with Gasteiger partial charge in [-0.3, -0.25) is 15.0 Å². The number of hydrogen-bond acceptors (Lipinski definition) is 4. The van der Waals surface area contributed by atoms with Crippen LogP contribution >= 0.6 is 0 Å². The van der Waals surface area contributed by atoms with Gasteiger partial charge in [0, 0.05) is 12.0 Å². The van der Waals surface area contributed by atoms with Gasteiger partial charge in [0.2, 0.25) is 0 Å². The van der Waals surface area contributed by atoms with Crippen molar-refractivity contribution in [1.29, 1.82) is 0 Å². The van der Waals surface area contributed by atoms with Crippen molar-refractivity contribution in [2.45, 2.75) is 45.6 Å². The fraction of sp³-hybridized carbons (Fsp3) is 0.467. The van der Waals surface area contributed by atoms with Crippen LogP contribution in [0.1, 0.15) is 49.5 Å². The number of benzene rings is 1. The van der Waals surface area contributed by atoms with Gasteiger partial charge in [0.15, 0.2) is 0 Å². The number of nitrogens with one attached hydrogen (secondary N) is 1. The minimum atomic E-state index is -0.436. The van der Waals surface area contributed by atoms with Crippen molar-refractivity contribution in [2.24, 2.45) is 5.84 Å². The Hall–Kier alpha value is -1.88. The van der Waals surface area contributed by atoms with Crippen LogP contribution in [-0.4, -0.2) is 17.5 Å². The van der Waals surface area contributed by atoms with E-state index in [0.29, 0.717) is 12.0 Å². The van der Waals surface area contributed by atoms with Crippen molar-refractivity contribution in [3.63, 3.8) is 0 Å². The van der Waals surface area contributed by atoms with E-state index in [1.807, 2.05) is 32.9 Å². The topological polar surface area (TPSA) is 81.4 Å². The summed E-state index contributed by atoms with van der Waals surface area (Å²) in [7, 11) is 0. The fourth-order valence-corrected chi connectivity index (χ4v) is 1.74. The highest BCUT2D eigenvalue weighted by Crippen LogP contribution is 2.12. The van der Waals surface area contributed by atoms with E-state index in [0.717, 1.165) is 18.4 Å². The van der Waals surface area contributed by atoms with E-state index >= 15 is 0 Å². The maximum absolute atomic E-state index is 11.5. The van der Waals surface area contributed by atoms with E-state index in [2.05, 4.69) is 5.43 Å². The lowest BCUT2D eigenvalue weighted by Gasteiger charge is -2.19. The molecule has 0 heterocycles. The summed E-state index contributed by atoms with van der Waals surface area (Å²) in [6, 6.07) is 7.15. The van der Waals surface area contributed by atoms with Crippen molar-refractivity contribution < 1.29 is 14.3 Å². The van der Waals surface area contributed by atoms with Crippen LogP contribution in [0.4, 0.5) is 0 Å². The van der Waals surface area contributed by atoms with Crippen LogP contribution in [0.15, 0.2) is 24.3 Å². The molecule has 1 rings (SSSR count). The highest BCUT2D eigenvalue weighted by atomic mass is 16.6. The SMILES string of the molecule is CC(C)(C)OC(=O)CCCc1ccc(C(=O)NN)cc1.